The van der Waals surface area contributed by atoms with Crippen molar-refractivity contribution in [3.63, 3.8) is 0 Å². The summed E-state index contributed by atoms with van der Waals surface area (Å²) in [6.07, 6.45) is 3.42. The molecule has 1 aromatic carbocycles. The van der Waals surface area contributed by atoms with Gasteiger partial charge in [0.15, 0.2) is 0 Å². The predicted octanol–water partition coefficient (Wildman–Crippen LogP) is 3.34. The number of fused-ring (bicyclic) bond motifs is 1. The zero-order valence-corrected chi connectivity index (χ0v) is 22.1. The van der Waals surface area contributed by atoms with Crippen molar-refractivity contribution < 1.29 is 18.3 Å². The third-order valence-electron chi connectivity index (χ3n) is 7.15. The van der Waals surface area contributed by atoms with Crippen LogP contribution in [0.3, 0.4) is 0 Å². The van der Waals surface area contributed by atoms with Crippen molar-refractivity contribution >= 4 is 38.2 Å². The minimum atomic E-state index is -3.18. The number of benzene rings is 1. The monoisotopic (exact) mass is 518 g/mol. The van der Waals surface area contributed by atoms with E-state index in [0.29, 0.717) is 18.7 Å². The first-order chi connectivity index (χ1) is 16.6. The lowest BCUT2D eigenvalue weighted by molar-refractivity contribution is 0.100. The fraction of sp³-hybridized carbons (Fsp3) is 0.480. The molecule has 1 aliphatic rings. The third kappa shape index (κ3) is 5.31. The molecule has 0 spiro atoms. The number of aliphatic hydroxyl groups excluding tert-OH is 1. The predicted molar refractivity (Wildman–Crippen MR) is 141 cm³/mol. The summed E-state index contributed by atoms with van der Waals surface area (Å²) in [6.45, 7) is 5.50. The molecule has 0 unspecified atom stereocenters. The summed E-state index contributed by atoms with van der Waals surface area (Å²) >= 11 is 1.65. The second kappa shape index (κ2) is 10.4. The molecular weight excluding hydrogens is 484 g/mol. The number of carbonyl (C=O) groups excluding carboxylic acids is 1. The molecule has 10 heteroatoms. The van der Waals surface area contributed by atoms with Gasteiger partial charge in [-0.25, -0.2) is 12.7 Å². The van der Waals surface area contributed by atoms with Gasteiger partial charge in [-0.2, -0.15) is 0 Å². The van der Waals surface area contributed by atoms with Crippen LogP contribution in [0.5, 0.6) is 0 Å². The van der Waals surface area contributed by atoms with Gasteiger partial charge in [-0.05, 0) is 79.9 Å². The Morgan fingerprint density at radius 3 is 2.63 bits per heavy atom. The van der Waals surface area contributed by atoms with E-state index < -0.39 is 15.9 Å². The van der Waals surface area contributed by atoms with Crippen LogP contribution in [-0.2, 0) is 16.6 Å². The Morgan fingerprint density at radius 2 is 2.00 bits per heavy atom. The summed E-state index contributed by atoms with van der Waals surface area (Å²) in [5.41, 5.74) is 9.99. The minimum absolute atomic E-state index is 0.0690. The topological polar surface area (TPSA) is 120 Å². The van der Waals surface area contributed by atoms with Gasteiger partial charge in [-0.15, -0.1) is 11.3 Å². The van der Waals surface area contributed by atoms with Gasteiger partial charge in [0.1, 0.15) is 0 Å². The summed E-state index contributed by atoms with van der Waals surface area (Å²) in [6, 6.07) is 6.14. The smallest absolute Gasteiger partial charge is 0.250 e. The Labute approximate surface area is 210 Å². The number of nitrogens with one attached hydrogen (secondary N) is 1. The number of aliphatic hydroxyl groups is 1. The van der Waals surface area contributed by atoms with Crippen LogP contribution in [0, 0.1) is 0 Å². The standard InChI is InChI=1S/C25H34N4O4S2/c1-4-35(32,33)29-7-5-17(6-8-29)23-12-27-24-21(23)10-18(11-22(24)25(26)31)19-9-20(34-15-19)13-28(3)16(2)14-30/h9-12,15-17,27,30H,4-8,13-14H2,1-3H3,(H2,26,31)/t16-/m1/s1. The number of piperidine rings is 1. The molecule has 1 saturated heterocycles. The Hall–Kier alpha value is -2.24. The van der Waals surface area contributed by atoms with Gasteiger partial charge in [-0.1, -0.05) is 0 Å². The van der Waals surface area contributed by atoms with Crippen molar-refractivity contribution in [3.05, 3.63) is 45.8 Å². The average molecular weight is 519 g/mol. The molecule has 0 bridgehead atoms. The SMILES string of the molecule is CCS(=O)(=O)N1CCC(c2c[nH]c3c(C(N)=O)cc(-c4csc(CN(C)[C@H](C)CO)c4)cc23)CC1. The van der Waals surface area contributed by atoms with Crippen molar-refractivity contribution in [1.29, 1.82) is 0 Å². The van der Waals surface area contributed by atoms with Crippen LogP contribution in [0.1, 0.15) is 53.4 Å². The van der Waals surface area contributed by atoms with Crippen molar-refractivity contribution in [3.8, 4) is 11.1 Å². The molecule has 1 aliphatic heterocycles. The molecule has 4 N–H and O–H groups in total. The summed E-state index contributed by atoms with van der Waals surface area (Å²) in [5.74, 6) is -0.163. The van der Waals surface area contributed by atoms with Crippen LogP contribution < -0.4 is 5.73 Å². The normalized spacial score (nSPS) is 16.8. The average Bonchev–Trinajstić information content (AvgIpc) is 3.50. The number of amides is 1. The molecule has 3 heterocycles. The van der Waals surface area contributed by atoms with Crippen LogP contribution in [0.25, 0.3) is 22.0 Å². The first-order valence-corrected chi connectivity index (χ1v) is 14.4. The summed E-state index contributed by atoms with van der Waals surface area (Å²) in [7, 11) is -1.20. The molecule has 0 saturated carbocycles. The van der Waals surface area contributed by atoms with Crippen LogP contribution >= 0.6 is 11.3 Å². The van der Waals surface area contributed by atoms with E-state index in [1.807, 2.05) is 26.2 Å². The highest BCUT2D eigenvalue weighted by atomic mass is 32.2. The van der Waals surface area contributed by atoms with Gasteiger partial charge < -0.3 is 15.8 Å². The number of sulfonamides is 1. The number of hydrogen-bond acceptors (Lipinski definition) is 6. The maximum absolute atomic E-state index is 12.3. The molecule has 1 atom stereocenters. The Morgan fingerprint density at radius 1 is 1.29 bits per heavy atom. The molecule has 8 nitrogen and oxygen atoms in total. The van der Waals surface area contributed by atoms with Crippen LogP contribution in [0.15, 0.2) is 29.8 Å². The molecule has 1 fully saturated rings. The van der Waals surface area contributed by atoms with Gasteiger partial charge in [0.25, 0.3) is 5.91 Å². The minimum Gasteiger partial charge on any atom is -0.395 e. The zero-order chi connectivity index (χ0) is 25.3. The number of aromatic amines is 1. The molecule has 3 aromatic rings. The molecular formula is C25H34N4O4S2. The number of primary amides is 1. The van der Waals surface area contributed by atoms with E-state index in [4.69, 9.17) is 5.73 Å². The molecule has 190 valence electrons. The van der Waals surface area contributed by atoms with Crippen molar-refractivity contribution in [2.45, 2.75) is 45.2 Å². The Balaban J connectivity index is 1.65. The number of hydrogen-bond donors (Lipinski definition) is 3. The number of nitrogens with two attached hydrogens (primary N) is 1. The highest BCUT2D eigenvalue weighted by molar-refractivity contribution is 7.89. The van der Waals surface area contributed by atoms with Gasteiger partial charge in [-0.3, -0.25) is 9.69 Å². The summed E-state index contributed by atoms with van der Waals surface area (Å²) in [4.78, 5) is 18.9. The van der Waals surface area contributed by atoms with Gasteiger partial charge in [0.2, 0.25) is 10.0 Å². The highest BCUT2D eigenvalue weighted by Gasteiger charge is 2.29. The maximum Gasteiger partial charge on any atom is 0.250 e. The first kappa shape index (κ1) is 25.8. The number of likely N-dealkylation sites (N-methyl/N-ethyl adjacent to an activating group) is 1. The fourth-order valence-electron chi connectivity index (χ4n) is 4.74. The van der Waals surface area contributed by atoms with Gasteiger partial charge in [0.05, 0.1) is 23.4 Å². The number of carbonyl (C=O) groups is 1. The van der Waals surface area contributed by atoms with E-state index in [1.165, 1.54) is 4.88 Å². The van der Waals surface area contributed by atoms with Crippen molar-refractivity contribution in [1.82, 2.24) is 14.2 Å². The van der Waals surface area contributed by atoms with Gasteiger partial charge in [0, 0.05) is 42.1 Å². The lowest BCUT2D eigenvalue weighted by Gasteiger charge is -2.31. The maximum atomic E-state index is 12.3. The molecule has 4 rings (SSSR count). The lowest BCUT2D eigenvalue weighted by Crippen LogP contribution is -2.38. The first-order valence-electron chi connectivity index (χ1n) is 12.0. The van der Waals surface area contributed by atoms with E-state index in [0.717, 1.165) is 47.0 Å². The Kier molecular flexibility index (Phi) is 7.68. The number of nitrogens with zero attached hydrogens (tertiary/aromatic N) is 2. The highest BCUT2D eigenvalue weighted by Crippen LogP contribution is 2.38. The molecule has 2 aromatic heterocycles. The van der Waals surface area contributed by atoms with E-state index in [9.17, 15) is 18.3 Å². The summed E-state index contributed by atoms with van der Waals surface area (Å²) in [5, 5.41) is 12.5. The number of thiophene rings is 1. The van der Waals surface area contributed by atoms with Crippen molar-refractivity contribution in [2.75, 3.05) is 32.5 Å². The molecule has 0 aliphatic carbocycles. The second-order valence-corrected chi connectivity index (χ2v) is 12.6. The van der Waals surface area contributed by atoms with E-state index in [-0.39, 0.29) is 24.3 Å². The summed E-state index contributed by atoms with van der Waals surface area (Å²) < 4.78 is 26.1. The molecule has 35 heavy (non-hydrogen) atoms. The fourth-order valence-corrected chi connectivity index (χ4v) is 6.82. The van der Waals surface area contributed by atoms with E-state index in [1.54, 1.807) is 22.6 Å². The molecule has 0 radical (unpaired) electrons. The van der Waals surface area contributed by atoms with E-state index in [2.05, 4.69) is 27.4 Å². The molecule has 1 amide bonds. The van der Waals surface area contributed by atoms with E-state index >= 15 is 0 Å². The number of H-pyrrole nitrogens is 1. The zero-order valence-electron chi connectivity index (χ0n) is 20.5. The van der Waals surface area contributed by atoms with Crippen molar-refractivity contribution in [2.24, 2.45) is 5.73 Å². The van der Waals surface area contributed by atoms with Crippen LogP contribution in [0.2, 0.25) is 0 Å². The largest absolute Gasteiger partial charge is 0.395 e. The number of aromatic nitrogens is 1. The Bertz CT molecular complexity index is 1310. The number of rotatable bonds is 9. The quantitative estimate of drug-likeness (QED) is 0.401. The van der Waals surface area contributed by atoms with Crippen LogP contribution in [-0.4, -0.2) is 72.2 Å². The van der Waals surface area contributed by atoms with Crippen LogP contribution in [0.4, 0.5) is 0 Å². The lowest BCUT2D eigenvalue weighted by atomic mass is 9.88. The third-order valence-corrected chi connectivity index (χ3v) is 9.95. The van der Waals surface area contributed by atoms with Gasteiger partial charge >= 0.3 is 0 Å². The second-order valence-electron chi connectivity index (χ2n) is 9.38.